The van der Waals surface area contributed by atoms with Gasteiger partial charge in [0, 0.05) is 0 Å². The minimum absolute atomic E-state index is 0.610. The first kappa shape index (κ1) is 26.5. The minimum atomic E-state index is -4.39. The summed E-state index contributed by atoms with van der Waals surface area (Å²) in [6, 6.07) is 18.8. The van der Waals surface area contributed by atoms with E-state index in [1.54, 1.807) is 6.92 Å². The van der Waals surface area contributed by atoms with Crippen LogP contribution in [0.3, 0.4) is 0 Å². The Morgan fingerprint density at radius 3 is 1.63 bits per heavy atom. The maximum Gasteiger partial charge on any atom is 0.416 e. The SMILES string of the molecule is C=CCCCCc1ccc(-c2cc(C(F)(F)F)cc(C)c2-c2ccc(CCCCC=C)cc2)cc1. The van der Waals surface area contributed by atoms with Crippen LogP contribution in [0.1, 0.15) is 60.8 Å². The van der Waals surface area contributed by atoms with Crippen molar-refractivity contribution in [3.8, 4) is 22.3 Å². The molecule has 0 atom stereocenters. The second-order valence-corrected chi connectivity index (χ2v) is 9.18. The van der Waals surface area contributed by atoms with Crippen LogP contribution in [0.25, 0.3) is 22.3 Å². The molecule has 0 heterocycles. The lowest BCUT2D eigenvalue weighted by atomic mass is 9.88. The molecule has 0 bridgehead atoms. The molecule has 0 saturated carbocycles. The van der Waals surface area contributed by atoms with Crippen molar-refractivity contribution in [3.63, 3.8) is 0 Å². The molecule has 0 unspecified atom stereocenters. The average molecular weight is 477 g/mol. The predicted molar refractivity (Wildman–Crippen MR) is 143 cm³/mol. The molecular formula is C32H35F3. The molecule has 3 aromatic rings. The van der Waals surface area contributed by atoms with Gasteiger partial charge in [-0.3, -0.25) is 0 Å². The Kier molecular flexibility index (Phi) is 9.54. The van der Waals surface area contributed by atoms with Crippen LogP contribution in [-0.4, -0.2) is 0 Å². The third-order valence-corrected chi connectivity index (χ3v) is 6.42. The maximum atomic E-state index is 13.7. The summed E-state index contributed by atoms with van der Waals surface area (Å²) in [5, 5.41) is 0. The van der Waals surface area contributed by atoms with E-state index in [1.807, 2.05) is 48.6 Å². The standard InChI is InChI=1S/C32H35F3/c1-4-6-8-10-12-25-14-18-27(19-15-25)30-23-29(32(33,34)35)22-24(3)31(30)28-20-16-26(17-21-28)13-11-9-7-5-2/h4-5,14-23H,1-2,6-13H2,3H3. The molecule has 3 rings (SSSR count). The lowest BCUT2D eigenvalue weighted by molar-refractivity contribution is -0.137. The van der Waals surface area contributed by atoms with Crippen LogP contribution in [0.5, 0.6) is 0 Å². The van der Waals surface area contributed by atoms with E-state index in [0.717, 1.165) is 68.1 Å². The summed E-state index contributed by atoms with van der Waals surface area (Å²) < 4.78 is 41.0. The monoisotopic (exact) mass is 476 g/mol. The van der Waals surface area contributed by atoms with Gasteiger partial charge >= 0.3 is 6.18 Å². The largest absolute Gasteiger partial charge is 0.416 e. The van der Waals surface area contributed by atoms with E-state index in [4.69, 9.17) is 0 Å². The van der Waals surface area contributed by atoms with E-state index in [1.165, 1.54) is 23.3 Å². The van der Waals surface area contributed by atoms with Crippen LogP contribution in [0, 0.1) is 6.92 Å². The first-order chi connectivity index (χ1) is 16.8. The normalized spacial score (nSPS) is 11.4. The molecular weight excluding hydrogens is 441 g/mol. The molecule has 35 heavy (non-hydrogen) atoms. The van der Waals surface area contributed by atoms with E-state index in [-0.39, 0.29) is 0 Å². The molecule has 0 saturated heterocycles. The molecule has 0 aliphatic carbocycles. The van der Waals surface area contributed by atoms with Crippen molar-refractivity contribution in [2.45, 2.75) is 64.5 Å². The van der Waals surface area contributed by atoms with Crippen LogP contribution in [0.4, 0.5) is 13.2 Å². The molecule has 0 aliphatic rings. The smallest absolute Gasteiger partial charge is 0.166 e. The number of alkyl halides is 3. The number of rotatable bonds is 12. The molecule has 184 valence electrons. The number of hydrogen-bond acceptors (Lipinski definition) is 0. The number of allylic oxidation sites excluding steroid dienone is 2. The number of benzene rings is 3. The molecule has 0 amide bonds. The van der Waals surface area contributed by atoms with Crippen molar-refractivity contribution in [1.29, 1.82) is 0 Å². The van der Waals surface area contributed by atoms with E-state index in [9.17, 15) is 13.2 Å². The number of unbranched alkanes of at least 4 members (excludes halogenated alkanes) is 4. The second-order valence-electron chi connectivity index (χ2n) is 9.18. The highest BCUT2D eigenvalue weighted by Crippen LogP contribution is 2.40. The van der Waals surface area contributed by atoms with Gasteiger partial charge in [-0.15, -0.1) is 13.2 Å². The quantitative estimate of drug-likeness (QED) is 0.180. The number of aryl methyl sites for hydroxylation is 3. The van der Waals surface area contributed by atoms with Gasteiger partial charge in [-0.05, 0) is 109 Å². The van der Waals surface area contributed by atoms with Crippen molar-refractivity contribution in [2.24, 2.45) is 0 Å². The highest BCUT2D eigenvalue weighted by molar-refractivity contribution is 5.86. The van der Waals surface area contributed by atoms with Gasteiger partial charge in [-0.25, -0.2) is 0 Å². The predicted octanol–water partition coefficient (Wildman–Crippen LogP) is 10.1. The molecule has 0 N–H and O–H groups in total. The Hall–Kier alpha value is -3.07. The van der Waals surface area contributed by atoms with Gasteiger partial charge in [-0.2, -0.15) is 13.2 Å². The topological polar surface area (TPSA) is 0 Å². The van der Waals surface area contributed by atoms with E-state index in [0.29, 0.717) is 11.1 Å². The Morgan fingerprint density at radius 1 is 0.686 bits per heavy atom. The summed E-state index contributed by atoms with van der Waals surface area (Å²) in [7, 11) is 0. The summed E-state index contributed by atoms with van der Waals surface area (Å²) in [6.45, 7) is 9.29. The zero-order valence-corrected chi connectivity index (χ0v) is 20.6. The Balaban J connectivity index is 1.93. The minimum Gasteiger partial charge on any atom is -0.166 e. The van der Waals surface area contributed by atoms with E-state index in [2.05, 4.69) is 25.3 Å². The highest BCUT2D eigenvalue weighted by atomic mass is 19.4. The van der Waals surface area contributed by atoms with Crippen molar-refractivity contribution >= 4 is 0 Å². The van der Waals surface area contributed by atoms with Crippen LogP contribution in [0.15, 0.2) is 86.0 Å². The Labute approximate surface area is 208 Å². The molecule has 3 heteroatoms. The summed E-state index contributed by atoms with van der Waals surface area (Å²) in [5.74, 6) is 0. The lowest BCUT2D eigenvalue weighted by Gasteiger charge is -2.18. The zero-order chi connectivity index (χ0) is 25.3. The molecule has 3 aromatic carbocycles. The maximum absolute atomic E-state index is 13.7. The lowest BCUT2D eigenvalue weighted by Crippen LogP contribution is -2.06. The van der Waals surface area contributed by atoms with Gasteiger partial charge < -0.3 is 0 Å². The summed E-state index contributed by atoms with van der Waals surface area (Å²) in [4.78, 5) is 0. The Morgan fingerprint density at radius 2 is 1.17 bits per heavy atom. The van der Waals surface area contributed by atoms with Crippen molar-refractivity contribution in [2.75, 3.05) is 0 Å². The first-order valence-electron chi connectivity index (χ1n) is 12.5. The summed E-state index contributed by atoms with van der Waals surface area (Å²) >= 11 is 0. The molecule has 0 aromatic heterocycles. The van der Waals surface area contributed by atoms with Crippen molar-refractivity contribution < 1.29 is 13.2 Å². The van der Waals surface area contributed by atoms with E-state index >= 15 is 0 Å². The van der Waals surface area contributed by atoms with Gasteiger partial charge in [0.25, 0.3) is 0 Å². The third-order valence-electron chi connectivity index (χ3n) is 6.42. The van der Waals surface area contributed by atoms with Gasteiger partial charge in [0.05, 0.1) is 5.56 Å². The van der Waals surface area contributed by atoms with Crippen LogP contribution >= 0.6 is 0 Å². The molecule has 0 fully saturated rings. The third kappa shape index (κ3) is 7.45. The molecule has 0 radical (unpaired) electrons. The fraction of sp³-hybridized carbons (Fsp3) is 0.312. The van der Waals surface area contributed by atoms with Crippen LogP contribution in [0.2, 0.25) is 0 Å². The van der Waals surface area contributed by atoms with Gasteiger partial charge in [-0.1, -0.05) is 60.7 Å². The summed E-state index contributed by atoms with van der Waals surface area (Å²) in [5.41, 5.74) is 5.67. The second kappa shape index (κ2) is 12.6. The molecule has 0 nitrogen and oxygen atoms in total. The van der Waals surface area contributed by atoms with Gasteiger partial charge in [0.2, 0.25) is 0 Å². The van der Waals surface area contributed by atoms with Crippen molar-refractivity contribution in [1.82, 2.24) is 0 Å². The first-order valence-corrected chi connectivity index (χ1v) is 12.5. The van der Waals surface area contributed by atoms with E-state index < -0.39 is 11.7 Å². The fourth-order valence-electron chi connectivity index (χ4n) is 4.49. The highest BCUT2D eigenvalue weighted by Gasteiger charge is 2.32. The van der Waals surface area contributed by atoms with Crippen LogP contribution < -0.4 is 0 Å². The fourth-order valence-corrected chi connectivity index (χ4v) is 4.49. The van der Waals surface area contributed by atoms with Gasteiger partial charge in [0.1, 0.15) is 0 Å². The van der Waals surface area contributed by atoms with Gasteiger partial charge in [0.15, 0.2) is 0 Å². The van der Waals surface area contributed by atoms with Crippen molar-refractivity contribution in [3.05, 3.63) is 108 Å². The zero-order valence-electron chi connectivity index (χ0n) is 20.6. The average Bonchev–Trinajstić information content (AvgIpc) is 2.84. The Bertz CT molecular complexity index is 1100. The number of hydrogen-bond donors (Lipinski definition) is 0. The number of halogens is 3. The molecule has 0 spiro atoms. The van der Waals surface area contributed by atoms with Crippen LogP contribution in [-0.2, 0) is 19.0 Å². The summed E-state index contributed by atoms with van der Waals surface area (Å²) in [6.07, 6.45) is 7.79. The molecule has 0 aliphatic heterocycles.